The summed E-state index contributed by atoms with van der Waals surface area (Å²) in [6, 6.07) is 0. The number of allylic oxidation sites excluding steroid dienone is 16. The van der Waals surface area contributed by atoms with E-state index in [4.69, 9.17) is 14.2 Å². The molecule has 6 nitrogen and oxygen atoms in total. The standard InChI is InChI=1S/C75H130O6/c1-4-7-10-13-16-19-22-24-26-28-29-30-31-32-33-34-35-36-37-38-39-40-41-42-43-44-45-47-48-50-53-56-59-62-65-68-74(77)80-71-72(70-79-73(76)67-64-61-58-55-52-21-18-15-12-9-6-3)81-75(78)69-66-63-60-57-54-51-49-46-27-25-23-20-17-14-11-8-5-2/h8,11,15,17-18,20,22,24-25,27-29,49,51,57,60,72H,4-7,9-10,12-14,16,19,21,23,26,30-48,50,52-56,58-59,61-71H2,1-3H3/b11-8-,18-15-,20-17-,24-22-,27-25-,29-28-,51-49-,60-57-. The molecule has 0 aromatic rings. The van der Waals surface area contributed by atoms with Gasteiger partial charge in [0, 0.05) is 19.3 Å². The number of hydrogen-bond acceptors (Lipinski definition) is 6. The van der Waals surface area contributed by atoms with Gasteiger partial charge in [-0.2, -0.15) is 0 Å². The van der Waals surface area contributed by atoms with Crippen LogP contribution in [0.5, 0.6) is 0 Å². The molecule has 0 aliphatic carbocycles. The van der Waals surface area contributed by atoms with Gasteiger partial charge in [-0.05, 0) is 109 Å². The Morgan fingerprint density at radius 3 is 0.840 bits per heavy atom. The topological polar surface area (TPSA) is 78.9 Å². The minimum Gasteiger partial charge on any atom is -0.462 e. The molecule has 0 bridgehead atoms. The van der Waals surface area contributed by atoms with Crippen molar-refractivity contribution in [2.45, 2.75) is 348 Å². The summed E-state index contributed by atoms with van der Waals surface area (Å²) in [5.74, 6) is -0.959. The summed E-state index contributed by atoms with van der Waals surface area (Å²) in [5.41, 5.74) is 0. The van der Waals surface area contributed by atoms with E-state index in [1.54, 1.807) is 0 Å². The molecule has 0 amide bonds. The van der Waals surface area contributed by atoms with Crippen LogP contribution in [-0.4, -0.2) is 37.2 Å². The summed E-state index contributed by atoms with van der Waals surface area (Å²) in [4.78, 5) is 38.2. The van der Waals surface area contributed by atoms with Gasteiger partial charge < -0.3 is 14.2 Å². The lowest BCUT2D eigenvalue weighted by Gasteiger charge is -2.18. The van der Waals surface area contributed by atoms with Crippen LogP contribution in [0.1, 0.15) is 342 Å². The molecule has 0 aliphatic heterocycles. The van der Waals surface area contributed by atoms with E-state index in [1.165, 1.54) is 199 Å². The van der Waals surface area contributed by atoms with E-state index in [9.17, 15) is 14.4 Å². The highest BCUT2D eigenvalue weighted by molar-refractivity contribution is 5.71. The predicted molar refractivity (Wildman–Crippen MR) is 353 cm³/mol. The number of unbranched alkanes of at least 4 members (excludes halogenated alkanes) is 36. The lowest BCUT2D eigenvalue weighted by Crippen LogP contribution is -2.30. The van der Waals surface area contributed by atoms with Gasteiger partial charge in [0.2, 0.25) is 0 Å². The Labute approximate surface area is 502 Å². The Hall–Kier alpha value is -3.67. The minimum absolute atomic E-state index is 0.100. The van der Waals surface area contributed by atoms with E-state index in [-0.39, 0.29) is 37.5 Å². The molecule has 0 spiro atoms. The minimum atomic E-state index is -0.810. The fourth-order valence-electron chi connectivity index (χ4n) is 9.85. The van der Waals surface area contributed by atoms with E-state index >= 15 is 0 Å². The maximum absolute atomic E-state index is 12.9. The summed E-state index contributed by atoms with van der Waals surface area (Å²) in [7, 11) is 0. The fourth-order valence-corrected chi connectivity index (χ4v) is 9.85. The number of carbonyl (C=O) groups excluding carboxylic acids is 3. The summed E-state index contributed by atoms with van der Waals surface area (Å²) in [5, 5.41) is 0. The molecule has 0 aliphatic rings. The van der Waals surface area contributed by atoms with Crippen molar-refractivity contribution in [3.63, 3.8) is 0 Å². The number of hydrogen-bond donors (Lipinski definition) is 0. The number of esters is 3. The van der Waals surface area contributed by atoms with Gasteiger partial charge in [-0.1, -0.05) is 311 Å². The second-order valence-corrected chi connectivity index (χ2v) is 23.1. The zero-order chi connectivity index (χ0) is 58.5. The van der Waals surface area contributed by atoms with Crippen molar-refractivity contribution in [2.75, 3.05) is 13.2 Å². The number of ether oxygens (including phenoxy) is 3. The first kappa shape index (κ1) is 77.3. The van der Waals surface area contributed by atoms with Crippen LogP contribution in [0.2, 0.25) is 0 Å². The molecule has 81 heavy (non-hydrogen) atoms. The molecule has 466 valence electrons. The van der Waals surface area contributed by atoms with Gasteiger partial charge in [-0.15, -0.1) is 0 Å². The fraction of sp³-hybridized carbons (Fsp3) is 0.747. The highest BCUT2D eigenvalue weighted by atomic mass is 16.6. The molecule has 0 aromatic carbocycles. The number of carbonyl (C=O) groups is 3. The van der Waals surface area contributed by atoms with Gasteiger partial charge in [0.25, 0.3) is 0 Å². The van der Waals surface area contributed by atoms with E-state index in [0.29, 0.717) is 19.3 Å². The van der Waals surface area contributed by atoms with Crippen LogP contribution in [0.15, 0.2) is 97.2 Å². The molecule has 0 heterocycles. The third kappa shape index (κ3) is 67.0. The van der Waals surface area contributed by atoms with Crippen LogP contribution < -0.4 is 0 Å². The molecular formula is C75H130O6. The van der Waals surface area contributed by atoms with Crippen molar-refractivity contribution in [3.8, 4) is 0 Å². The van der Waals surface area contributed by atoms with Crippen LogP contribution in [0.4, 0.5) is 0 Å². The van der Waals surface area contributed by atoms with Crippen molar-refractivity contribution in [2.24, 2.45) is 0 Å². The average Bonchev–Trinajstić information content (AvgIpc) is 3.47. The van der Waals surface area contributed by atoms with Gasteiger partial charge in [-0.25, -0.2) is 0 Å². The SMILES string of the molecule is CC/C=C\C/C=C\C/C=C\C/C=C\C/C=C\CCCC(=O)OC(COC(=O)CCCCCCC/C=C\CCCC)COC(=O)CCCCCCCCCCCCCCCCCCCCCCCCC/C=C\C/C=C\CCCCCCC. The maximum atomic E-state index is 12.9. The first-order valence-corrected chi connectivity index (χ1v) is 34.7. The number of rotatable bonds is 63. The monoisotopic (exact) mass is 1130 g/mol. The molecule has 0 saturated carbocycles. The third-order valence-electron chi connectivity index (χ3n) is 15.0. The third-order valence-corrected chi connectivity index (χ3v) is 15.0. The molecule has 0 fully saturated rings. The predicted octanol–water partition coefficient (Wildman–Crippen LogP) is 24.0. The van der Waals surface area contributed by atoms with Crippen LogP contribution >= 0.6 is 0 Å². The van der Waals surface area contributed by atoms with Crippen molar-refractivity contribution in [1.82, 2.24) is 0 Å². The van der Waals surface area contributed by atoms with E-state index < -0.39 is 6.10 Å². The lowest BCUT2D eigenvalue weighted by molar-refractivity contribution is -0.167. The molecule has 0 N–H and O–H groups in total. The molecule has 1 atom stereocenters. The van der Waals surface area contributed by atoms with Crippen molar-refractivity contribution in [3.05, 3.63) is 97.2 Å². The summed E-state index contributed by atoms with van der Waals surface area (Å²) < 4.78 is 16.8. The Morgan fingerprint density at radius 1 is 0.259 bits per heavy atom. The summed E-state index contributed by atoms with van der Waals surface area (Å²) >= 11 is 0. The Morgan fingerprint density at radius 2 is 0.506 bits per heavy atom. The van der Waals surface area contributed by atoms with Crippen LogP contribution in [0.3, 0.4) is 0 Å². The Balaban J connectivity index is 4.11. The van der Waals surface area contributed by atoms with Crippen molar-refractivity contribution >= 4 is 17.9 Å². The van der Waals surface area contributed by atoms with Gasteiger partial charge in [0.1, 0.15) is 13.2 Å². The van der Waals surface area contributed by atoms with Gasteiger partial charge in [0.05, 0.1) is 0 Å². The smallest absolute Gasteiger partial charge is 0.306 e. The summed E-state index contributed by atoms with van der Waals surface area (Å²) in [6.45, 7) is 6.45. The lowest BCUT2D eigenvalue weighted by atomic mass is 10.0. The molecule has 0 aromatic heterocycles. The summed E-state index contributed by atoms with van der Waals surface area (Å²) in [6.07, 6.45) is 93.3. The first-order chi connectivity index (χ1) is 40.0. The van der Waals surface area contributed by atoms with E-state index in [0.717, 1.165) is 96.3 Å². The van der Waals surface area contributed by atoms with Crippen LogP contribution in [-0.2, 0) is 28.6 Å². The first-order valence-electron chi connectivity index (χ1n) is 34.7. The highest BCUT2D eigenvalue weighted by Gasteiger charge is 2.19. The van der Waals surface area contributed by atoms with Gasteiger partial charge in [0.15, 0.2) is 6.10 Å². The van der Waals surface area contributed by atoms with E-state index in [1.807, 2.05) is 0 Å². The van der Waals surface area contributed by atoms with Crippen LogP contribution in [0, 0.1) is 0 Å². The second-order valence-electron chi connectivity index (χ2n) is 23.1. The van der Waals surface area contributed by atoms with Gasteiger partial charge in [-0.3, -0.25) is 14.4 Å². The highest BCUT2D eigenvalue weighted by Crippen LogP contribution is 2.17. The van der Waals surface area contributed by atoms with E-state index in [2.05, 4.69) is 118 Å². The van der Waals surface area contributed by atoms with Crippen molar-refractivity contribution in [1.29, 1.82) is 0 Å². The largest absolute Gasteiger partial charge is 0.462 e. The normalized spacial score (nSPS) is 12.7. The molecule has 6 heteroatoms. The molecule has 0 radical (unpaired) electrons. The second kappa shape index (κ2) is 68.8. The van der Waals surface area contributed by atoms with Crippen LogP contribution in [0.25, 0.3) is 0 Å². The van der Waals surface area contributed by atoms with Gasteiger partial charge >= 0.3 is 17.9 Å². The zero-order valence-corrected chi connectivity index (χ0v) is 53.5. The Bertz CT molecular complexity index is 1580. The molecular weight excluding hydrogens is 997 g/mol. The quantitative estimate of drug-likeness (QED) is 0.0261. The molecule has 0 saturated heterocycles. The zero-order valence-electron chi connectivity index (χ0n) is 53.5. The maximum Gasteiger partial charge on any atom is 0.306 e. The Kier molecular flexibility index (Phi) is 65.7. The van der Waals surface area contributed by atoms with Crippen molar-refractivity contribution < 1.29 is 28.6 Å². The average molecular weight is 1130 g/mol. The molecule has 1 unspecified atom stereocenters. The molecule has 0 rings (SSSR count).